The van der Waals surface area contributed by atoms with Gasteiger partial charge in [0.1, 0.15) is 0 Å². The molecule has 134 valence electrons. The number of nitrogens with one attached hydrogen (secondary N) is 2. The lowest BCUT2D eigenvalue weighted by Gasteiger charge is -2.24. The summed E-state index contributed by atoms with van der Waals surface area (Å²) in [5, 5.41) is 7.59. The molecule has 1 aromatic rings. The van der Waals surface area contributed by atoms with Crippen LogP contribution in [0.1, 0.15) is 24.5 Å². The van der Waals surface area contributed by atoms with Crippen LogP contribution in [0.5, 0.6) is 0 Å². The molecule has 0 amide bonds. The van der Waals surface area contributed by atoms with Crippen LogP contribution in [0.3, 0.4) is 0 Å². The maximum Gasteiger partial charge on any atom is 0.434 e. The van der Waals surface area contributed by atoms with Crippen molar-refractivity contribution in [3.63, 3.8) is 0 Å². The Labute approximate surface area is 155 Å². The van der Waals surface area contributed by atoms with Crippen LogP contribution in [-0.4, -0.2) is 43.8 Å². The van der Waals surface area contributed by atoms with Gasteiger partial charge in [-0.15, -0.1) is 35.3 Å². The summed E-state index contributed by atoms with van der Waals surface area (Å²) in [5.41, 5.74) is -1.18. The van der Waals surface area contributed by atoms with Gasteiger partial charge in [-0.25, -0.2) is 4.98 Å². The van der Waals surface area contributed by atoms with Crippen molar-refractivity contribution < 1.29 is 17.9 Å². The van der Waals surface area contributed by atoms with Crippen LogP contribution in [0.4, 0.5) is 13.2 Å². The number of ether oxygens (including phenoxy) is 1. The smallest absolute Gasteiger partial charge is 0.377 e. The molecular formula is C13H22F3IN4OS. The van der Waals surface area contributed by atoms with Gasteiger partial charge in [0.05, 0.1) is 10.6 Å². The standard InChI is InChI=1S/C13H21F3N4OS.HI/c1-12(2,21-4)8-19-11(17-3)18-6-5-10-20-9(7-22-10)13(14,15)16;/h7H,5-6,8H2,1-4H3,(H2,17,18,19);1H. The lowest BCUT2D eigenvalue weighted by molar-refractivity contribution is -0.140. The third-order valence-corrected chi connectivity index (χ3v) is 3.84. The molecule has 1 rings (SSSR count). The van der Waals surface area contributed by atoms with Crippen LogP contribution in [0.2, 0.25) is 0 Å². The van der Waals surface area contributed by atoms with Crippen LogP contribution >= 0.6 is 35.3 Å². The van der Waals surface area contributed by atoms with Crippen LogP contribution in [0.15, 0.2) is 10.4 Å². The van der Waals surface area contributed by atoms with Crippen molar-refractivity contribution in [2.45, 2.75) is 32.0 Å². The predicted molar refractivity (Wildman–Crippen MR) is 96.7 cm³/mol. The number of thiazole rings is 1. The number of aliphatic imine (C=N–C) groups is 1. The van der Waals surface area contributed by atoms with Crippen molar-refractivity contribution in [1.82, 2.24) is 15.6 Å². The molecule has 0 aliphatic heterocycles. The maximum absolute atomic E-state index is 12.4. The lowest BCUT2D eigenvalue weighted by Crippen LogP contribution is -2.45. The molecule has 0 aliphatic carbocycles. The number of hydrogen-bond acceptors (Lipinski definition) is 4. The molecule has 0 radical (unpaired) electrons. The second kappa shape index (κ2) is 9.62. The van der Waals surface area contributed by atoms with E-state index in [4.69, 9.17) is 4.74 Å². The van der Waals surface area contributed by atoms with Gasteiger partial charge in [0, 0.05) is 39.0 Å². The fraction of sp³-hybridized carbons (Fsp3) is 0.692. The SMILES string of the molecule is CN=C(NCCc1nc(C(F)(F)F)cs1)NCC(C)(C)OC.I. The zero-order valence-electron chi connectivity index (χ0n) is 13.5. The molecule has 0 saturated carbocycles. The van der Waals surface area contributed by atoms with E-state index in [-0.39, 0.29) is 29.6 Å². The van der Waals surface area contributed by atoms with Crippen molar-refractivity contribution in [3.05, 3.63) is 16.1 Å². The minimum absolute atomic E-state index is 0. The first kappa shape index (κ1) is 22.4. The van der Waals surface area contributed by atoms with Crippen LogP contribution < -0.4 is 10.6 Å². The highest BCUT2D eigenvalue weighted by Gasteiger charge is 2.33. The van der Waals surface area contributed by atoms with Gasteiger partial charge in [-0.2, -0.15) is 13.2 Å². The summed E-state index contributed by atoms with van der Waals surface area (Å²) < 4.78 is 42.6. The van der Waals surface area contributed by atoms with E-state index in [1.807, 2.05) is 13.8 Å². The number of guanidine groups is 1. The average molecular weight is 466 g/mol. The van der Waals surface area contributed by atoms with Crippen molar-refractivity contribution in [3.8, 4) is 0 Å². The molecule has 23 heavy (non-hydrogen) atoms. The summed E-state index contributed by atoms with van der Waals surface area (Å²) in [6.07, 6.45) is -3.99. The first-order chi connectivity index (χ1) is 10.2. The Morgan fingerprint density at radius 3 is 2.48 bits per heavy atom. The average Bonchev–Trinajstić information content (AvgIpc) is 2.91. The maximum atomic E-state index is 12.4. The van der Waals surface area contributed by atoms with Crippen molar-refractivity contribution in [2.75, 3.05) is 27.2 Å². The molecule has 0 saturated heterocycles. The van der Waals surface area contributed by atoms with E-state index in [1.165, 1.54) is 0 Å². The quantitative estimate of drug-likeness (QED) is 0.385. The fourth-order valence-corrected chi connectivity index (χ4v) is 2.24. The molecule has 0 fully saturated rings. The Balaban J connectivity index is 0.00000484. The van der Waals surface area contributed by atoms with E-state index >= 15 is 0 Å². The molecular weight excluding hydrogens is 444 g/mol. The minimum atomic E-state index is -4.38. The van der Waals surface area contributed by atoms with E-state index < -0.39 is 11.9 Å². The number of aromatic nitrogens is 1. The molecule has 2 N–H and O–H groups in total. The molecule has 0 unspecified atom stereocenters. The Hall–Kier alpha value is -0.620. The fourth-order valence-electron chi connectivity index (χ4n) is 1.43. The van der Waals surface area contributed by atoms with Crippen molar-refractivity contribution in [2.24, 2.45) is 4.99 Å². The minimum Gasteiger partial charge on any atom is -0.377 e. The Bertz CT molecular complexity index is 506. The summed E-state index contributed by atoms with van der Waals surface area (Å²) in [5.74, 6) is 0.567. The number of hydrogen-bond donors (Lipinski definition) is 2. The number of halogens is 4. The highest BCUT2D eigenvalue weighted by molar-refractivity contribution is 14.0. The first-order valence-corrected chi connectivity index (χ1v) is 7.57. The van der Waals surface area contributed by atoms with Crippen LogP contribution in [-0.2, 0) is 17.3 Å². The predicted octanol–water partition coefficient (Wildman–Crippen LogP) is 2.91. The molecule has 0 bridgehead atoms. The number of alkyl halides is 3. The molecule has 0 aliphatic rings. The summed E-state index contributed by atoms with van der Waals surface area (Å²) >= 11 is 1.01. The second-order valence-electron chi connectivity index (χ2n) is 5.19. The molecule has 0 spiro atoms. The highest BCUT2D eigenvalue weighted by atomic mass is 127. The normalized spacial score (nSPS) is 12.7. The van der Waals surface area contributed by atoms with Gasteiger partial charge >= 0.3 is 6.18 Å². The molecule has 0 atom stereocenters. The zero-order chi connectivity index (χ0) is 16.8. The number of rotatable bonds is 6. The van der Waals surface area contributed by atoms with Gasteiger partial charge in [0.15, 0.2) is 11.7 Å². The molecule has 1 heterocycles. The molecule has 0 aromatic carbocycles. The molecule has 10 heteroatoms. The van der Waals surface area contributed by atoms with Crippen LogP contribution in [0, 0.1) is 0 Å². The van der Waals surface area contributed by atoms with Gasteiger partial charge in [0.2, 0.25) is 0 Å². The van der Waals surface area contributed by atoms with Gasteiger partial charge < -0.3 is 15.4 Å². The van der Waals surface area contributed by atoms with Gasteiger partial charge in [-0.3, -0.25) is 4.99 Å². The monoisotopic (exact) mass is 466 g/mol. The van der Waals surface area contributed by atoms with E-state index in [0.29, 0.717) is 30.5 Å². The number of nitrogens with zero attached hydrogens (tertiary/aromatic N) is 2. The van der Waals surface area contributed by atoms with Crippen molar-refractivity contribution >= 4 is 41.3 Å². The van der Waals surface area contributed by atoms with Gasteiger partial charge in [-0.1, -0.05) is 0 Å². The Morgan fingerprint density at radius 1 is 1.35 bits per heavy atom. The number of methoxy groups -OCH3 is 1. The summed E-state index contributed by atoms with van der Waals surface area (Å²) in [7, 11) is 3.25. The van der Waals surface area contributed by atoms with Gasteiger partial charge in [0.25, 0.3) is 0 Å². The van der Waals surface area contributed by atoms with Crippen molar-refractivity contribution in [1.29, 1.82) is 0 Å². The Morgan fingerprint density at radius 2 is 2.00 bits per heavy atom. The van der Waals surface area contributed by atoms with E-state index in [2.05, 4.69) is 20.6 Å². The Kier molecular flexibility index (Phi) is 9.36. The zero-order valence-corrected chi connectivity index (χ0v) is 16.6. The topological polar surface area (TPSA) is 58.5 Å². The third-order valence-electron chi connectivity index (χ3n) is 2.93. The largest absolute Gasteiger partial charge is 0.434 e. The molecule has 5 nitrogen and oxygen atoms in total. The summed E-state index contributed by atoms with van der Waals surface area (Å²) in [6, 6.07) is 0. The van der Waals surface area contributed by atoms with Crippen LogP contribution in [0.25, 0.3) is 0 Å². The highest BCUT2D eigenvalue weighted by Crippen LogP contribution is 2.29. The van der Waals surface area contributed by atoms with Gasteiger partial charge in [-0.05, 0) is 13.8 Å². The van der Waals surface area contributed by atoms with E-state index in [9.17, 15) is 13.2 Å². The summed E-state index contributed by atoms with van der Waals surface area (Å²) in [4.78, 5) is 7.62. The first-order valence-electron chi connectivity index (χ1n) is 6.69. The third kappa shape index (κ3) is 8.15. The van der Waals surface area contributed by atoms with E-state index in [1.54, 1.807) is 14.2 Å². The lowest BCUT2D eigenvalue weighted by atomic mass is 10.1. The van der Waals surface area contributed by atoms with E-state index in [0.717, 1.165) is 16.7 Å². The molecule has 1 aromatic heterocycles. The summed E-state index contributed by atoms with van der Waals surface area (Å²) in [6.45, 7) is 4.86. The second-order valence-corrected chi connectivity index (χ2v) is 6.13.